The summed E-state index contributed by atoms with van der Waals surface area (Å²) < 4.78 is 18.6. The minimum atomic E-state index is -0.357. The van der Waals surface area contributed by atoms with E-state index in [1.165, 1.54) is 0 Å². The Hall–Kier alpha value is -2.14. The number of benzene rings is 2. The van der Waals surface area contributed by atoms with Crippen LogP contribution in [0.15, 0.2) is 42.5 Å². The molecule has 1 heterocycles. The van der Waals surface area contributed by atoms with Gasteiger partial charge in [-0.05, 0) is 42.5 Å². The lowest BCUT2D eigenvalue weighted by Crippen LogP contribution is -1.97. The fraction of sp³-hybridized carbons (Fsp3) is 0.188. The van der Waals surface area contributed by atoms with Crippen molar-refractivity contribution < 1.29 is 9.13 Å². The number of nitrogen functional groups attached to an aromatic ring is 1. The molecule has 0 amide bonds. The molecule has 0 radical (unpaired) electrons. The molecule has 0 aliphatic rings. The molecule has 0 bridgehead atoms. The Morgan fingerprint density at radius 1 is 1.14 bits per heavy atom. The zero-order valence-electron chi connectivity index (χ0n) is 11.4. The minimum Gasteiger partial charge on any atom is -0.493 e. The Morgan fingerprint density at radius 2 is 1.95 bits per heavy atom. The fourth-order valence-corrected chi connectivity index (χ4v) is 2.99. The largest absolute Gasteiger partial charge is 0.493 e. The SMILES string of the molecule is Nc1ccc(-c2nc3ccc(OCCC[18F])cc3s2)cc1. The van der Waals surface area contributed by atoms with Gasteiger partial charge in [-0.1, -0.05) is 0 Å². The molecular weight excluding hydrogens is 286 g/mol. The molecule has 2 N–H and O–H groups in total. The second kappa shape index (κ2) is 6.10. The molecule has 108 valence electrons. The van der Waals surface area contributed by atoms with Crippen LogP contribution in [-0.2, 0) is 0 Å². The smallest absolute Gasteiger partial charge is 0.124 e. The Morgan fingerprint density at radius 3 is 2.71 bits per heavy atom. The third-order valence-electron chi connectivity index (χ3n) is 3.06. The maximum absolute atomic E-state index is 12.1. The van der Waals surface area contributed by atoms with E-state index in [0.717, 1.165) is 32.2 Å². The standard InChI is InChI=1S/C16H15FN2OS/c17-8-1-9-20-13-6-7-14-15(10-13)21-16(19-14)11-2-4-12(18)5-3-11/h2-7,10H,1,8-9,18H2/i17-1. The van der Waals surface area contributed by atoms with Crippen molar-refractivity contribution in [1.29, 1.82) is 0 Å². The molecule has 0 aliphatic carbocycles. The van der Waals surface area contributed by atoms with E-state index in [0.29, 0.717) is 13.0 Å². The van der Waals surface area contributed by atoms with Gasteiger partial charge in [-0.25, -0.2) is 4.98 Å². The van der Waals surface area contributed by atoms with Crippen LogP contribution in [0.4, 0.5) is 10.1 Å². The molecule has 5 heteroatoms. The van der Waals surface area contributed by atoms with Crippen molar-refractivity contribution in [3.63, 3.8) is 0 Å². The van der Waals surface area contributed by atoms with E-state index in [-0.39, 0.29) is 6.67 Å². The molecule has 1 aromatic heterocycles. The highest BCUT2D eigenvalue weighted by Crippen LogP contribution is 2.32. The molecule has 3 nitrogen and oxygen atoms in total. The van der Waals surface area contributed by atoms with Gasteiger partial charge in [0.1, 0.15) is 10.8 Å². The fourth-order valence-electron chi connectivity index (χ4n) is 1.99. The van der Waals surface area contributed by atoms with Gasteiger partial charge in [-0.15, -0.1) is 11.3 Å². The first kappa shape index (κ1) is 13.8. The molecule has 0 spiro atoms. The van der Waals surface area contributed by atoms with Crippen LogP contribution in [0.25, 0.3) is 20.8 Å². The monoisotopic (exact) mass is 301 g/mol. The van der Waals surface area contributed by atoms with Gasteiger partial charge in [0.05, 0.1) is 23.5 Å². The number of hydrogen-bond donors (Lipinski definition) is 1. The second-order valence-corrected chi connectivity index (χ2v) is 5.69. The lowest BCUT2D eigenvalue weighted by molar-refractivity contribution is 0.290. The lowest BCUT2D eigenvalue weighted by atomic mass is 10.2. The van der Waals surface area contributed by atoms with E-state index in [4.69, 9.17) is 10.5 Å². The van der Waals surface area contributed by atoms with Gasteiger partial charge in [-0.2, -0.15) is 0 Å². The van der Waals surface area contributed by atoms with Crippen molar-refractivity contribution >= 4 is 27.2 Å². The Bertz CT molecular complexity index is 740. The van der Waals surface area contributed by atoms with Gasteiger partial charge >= 0.3 is 0 Å². The number of alkyl halides is 1. The quantitative estimate of drug-likeness (QED) is 0.565. The molecule has 0 saturated heterocycles. The Kier molecular flexibility index (Phi) is 4.01. The van der Waals surface area contributed by atoms with Crippen LogP contribution >= 0.6 is 11.3 Å². The van der Waals surface area contributed by atoms with Gasteiger partial charge in [0.25, 0.3) is 0 Å². The predicted molar refractivity (Wildman–Crippen MR) is 85.6 cm³/mol. The summed E-state index contributed by atoms with van der Waals surface area (Å²) in [5, 5.41) is 0.950. The Labute approximate surface area is 126 Å². The van der Waals surface area contributed by atoms with Crippen molar-refractivity contribution in [2.75, 3.05) is 19.0 Å². The third kappa shape index (κ3) is 3.13. The zero-order valence-corrected chi connectivity index (χ0v) is 12.2. The first-order valence-electron chi connectivity index (χ1n) is 6.71. The van der Waals surface area contributed by atoms with Crippen LogP contribution in [0.3, 0.4) is 0 Å². The highest BCUT2D eigenvalue weighted by molar-refractivity contribution is 7.21. The summed E-state index contributed by atoms with van der Waals surface area (Å²) in [5.41, 5.74) is 8.42. The molecule has 0 atom stereocenters. The predicted octanol–water partition coefficient (Wildman–Crippen LogP) is 4.28. The average Bonchev–Trinajstić information content (AvgIpc) is 2.91. The number of halogens is 1. The summed E-state index contributed by atoms with van der Waals surface area (Å²) in [6.07, 6.45) is 0.414. The maximum Gasteiger partial charge on any atom is 0.124 e. The third-order valence-corrected chi connectivity index (χ3v) is 4.13. The summed E-state index contributed by atoms with van der Waals surface area (Å²) >= 11 is 1.60. The van der Waals surface area contributed by atoms with E-state index in [2.05, 4.69) is 4.98 Å². The van der Waals surface area contributed by atoms with Gasteiger partial charge in [0.2, 0.25) is 0 Å². The molecule has 0 saturated carbocycles. The number of aromatic nitrogens is 1. The number of anilines is 1. The average molecular weight is 301 g/mol. The van der Waals surface area contributed by atoms with E-state index in [9.17, 15) is 4.39 Å². The van der Waals surface area contributed by atoms with Crippen LogP contribution in [0.2, 0.25) is 0 Å². The molecule has 21 heavy (non-hydrogen) atoms. The molecule has 0 fully saturated rings. The van der Waals surface area contributed by atoms with Crippen LogP contribution in [0.1, 0.15) is 6.42 Å². The van der Waals surface area contributed by atoms with Crippen LogP contribution in [0, 0.1) is 0 Å². The lowest BCUT2D eigenvalue weighted by Gasteiger charge is -2.03. The number of nitrogens with two attached hydrogens (primary N) is 1. The van der Waals surface area contributed by atoms with Gasteiger partial charge in [0, 0.05) is 17.7 Å². The van der Waals surface area contributed by atoms with E-state index in [1.807, 2.05) is 42.5 Å². The molecule has 3 aromatic rings. The topological polar surface area (TPSA) is 48.1 Å². The molecule has 2 aromatic carbocycles. The first-order chi connectivity index (χ1) is 10.3. The zero-order chi connectivity index (χ0) is 14.7. The highest BCUT2D eigenvalue weighted by Gasteiger charge is 2.07. The van der Waals surface area contributed by atoms with Gasteiger partial charge < -0.3 is 10.5 Å². The molecule has 0 aliphatic heterocycles. The summed E-state index contributed by atoms with van der Waals surface area (Å²) in [6.45, 7) is 0.0374. The van der Waals surface area contributed by atoms with Crippen LogP contribution in [0.5, 0.6) is 5.75 Å². The number of rotatable bonds is 5. The summed E-state index contributed by atoms with van der Waals surface area (Å²) in [5.74, 6) is 0.753. The van der Waals surface area contributed by atoms with E-state index >= 15 is 0 Å². The Balaban J connectivity index is 1.87. The second-order valence-electron chi connectivity index (χ2n) is 4.66. The molecule has 0 unspecified atom stereocenters. The van der Waals surface area contributed by atoms with Crippen molar-refractivity contribution in [1.82, 2.24) is 4.98 Å². The van der Waals surface area contributed by atoms with Crippen LogP contribution < -0.4 is 10.5 Å². The van der Waals surface area contributed by atoms with E-state index in [1.54, 1.807) is 11.3 Å². The number of hydrogen-bond acceptors (Lipinski definition) is 4. The molecule has 3 rings (SSSR count). The van der Waals surface area contributed by atoms with Crippen LogP contribution in [-0.4, -0.2) is 18.3 Å². The minimum absolute atomic E-state index is 0.357. The van der Waals surface area contributed by atoms with Crippen molar-refractivity contribution in [3.05, 3.63) is 42.5 Å². The van der Waals surface area contributed by atoms with Crippen molar-refractivity contribution in [2.45, 2.75) is 6.42 Å². The number of nitrogens with zero attached hydrogens (tertiary/aromatic N) is 1. The van der Waals surface area contributed by atoms with E-state index < -0.39 is 0 Å². The maximum atomic E-state index is 12.1. The number of ether oxygens (including phenoxy) is 1. The number of fused-ring (bicyclic) bond motifs is 1. The van der Waals surface area contributed by atoms with Gasteiger partial charge in [-0.3, -0.25) is 4.39 Å². The summed E-state index contributed by atoms with van der Waals surface area (Å²) in [7, 11) is 0. The summed E-state index contributed by atoms with van der Waals surface area (Å²) in [4.78, 5) is 4.61. The highest BCUT2D eigenvalue weighted by atomic mass is 32.1. The van der Waals surface area contributed by atoms with Gasteiger partial charge in [0.15, 0.2) is 0 Å². The van der Waals surface area contributed by atoms with Crippen molar-refractivity contribution in [3.8, 4) is 16.3 Å². The summed E-state index contributed by atoms with van der Waals surface area (Å²) in [6, 6.07) is 13.4. The first-order valence-corrected chi connectivity index (χ1v) is 7.53. The normalized spacial score (nSPS) is 10.9. The number of thiazole rings is 1. The molecular formula is C16H15FN2OS. The van der Waals surface area contributed by atoms with Crippen molar-refractivity contribution in [2.24, 2.45) is 0 Å².